The number of rotatable bonds is 2. The molecule has 2 rings (SSSR count). The Morgan fingerprint density at radius 1 is 1.27 bits per heavy atom. The van der Waals surface area contributed by atoms with Gasteiger partial charge < -0.3 is 5.11 Å². The van der Waals surface area contributed by atoms with Gasteiger partial charge in [-0.3, -0.25) is 0 Å². The standard InChI is InChI=1S/C13H14OS/c1-9-8-15-13(10(9)2)12-5-3-4-11(6-12)7-14/h3-6,8,14H,7H2,1-2H3. The summed E-state index contributed by atoms with van der Waals surface area (Å²) in [5.74, 6) is 0. The number of aliphatic hydroxyl groups is 1. The third kappa shape index (κ3) is 1.96. The SMILES string of the molecule is Cc1csc(-c2cccc(CO)c2)c1C. The van der Waals surface area contributed by atoms with Gasteiger partial charge >= 0.3 is 0 Å². The predicted molar refractivity (Wildman–Crippen MR) is 65.2 cm³/mol. The molecule has 1 aromatic heterocycles. The van der Waals surface area contributed by atoms with Crippen molar-refractivity contribution in [1.29, 1.82) is 0 Å². The monoisotopic (exact) mass is 218 g/mol. The Morgan fingerprint density at radius 3 is 2.67 bits per heavy atom. The van der Waals surface area contributed by atoms with Gasteiger partial charge in [0.2, 0.25) is 0 Å². The van der Waals surface area contributed by atoms with Gasteiger partial charge in [0.05, 0.1) is 6.61 Å². The Hall–Kier alpha value is -1.12. The van der Waals surface area contributed by atoms with Crippen molar-refractivity contribution in [2.24, 2.45) is 0 Å². The molecule has 0 saturated carbocycles. The molecule has 0 amide bonds. The zero-order valence-electron chi connectivity index (χ0n) is 8.95. The predicted octanol–water partition coefficient (Wildman–Crippen LogP) is 3.52. The Labute approximate surface area is 94.0 Å². The first-order valence-electron chi connectivity index (χ1n) is 4.97. The number of benzene rings is 1. The molecule has 0 aliphatic rings. The summed E-state index contributed by atoms with van der Waals surface area (Å²) < 4.78 is 0. The van der Waals surface area contributed by atoms with E-state index in [4.69, 9.17) is 5.11 Å². The van der Waals surface area contributed by atoms with Crippen LogP contribution in [0.5, 0.6) is 0 Å². The highest BCUT2D eigenvalue weighted by Crippen LogP contribution is 2.32. The van der Waals surface area contributed by atoms with E-state index in [9.17, 15) is 0 Å². The summed E-state index contributed by atoms with van der Waals surface area (Å²) in [4.78, 5) is 1.31. The van der Waals surface area contributed by atoms with Gasteiger partial charge in [0.25, 0.3) is 0 Å². The minimum absolute atomic E-state index is 0.108. The van der Waals surface area contributed by atoms with E-state index in [1.165, 1.54) is 21.6 Å². The Bertz CT molecular complexity index is 471. The van der Waals surface area contributed by atoms with Gasteiger partial charge in [-0.05, 0) is 47.5 Å². The van der Waals surface area contributed by atoms with E-state index in [-0.39, 0.29) is 6.61 Å². The molecule has 1 aromatic carbocycles. The number of aliphatic hydroxyl groups excluding tert-OH is 1. The molecule has 0 aliphatic heterocycles. The molecule has 0 bridgehead atoms. The van der Waals surface area contributed by atoms with Gasteiger partial charge in [0.1, 0.15) is 0 Å². The van der Waals surface area contributed by atoms with Gasteiger partial charge in [-0.15, -0.1) is 11.3 Å². The molecule has 0 fully saturated rings. The van der Waals surface area contributed by atoms with Crippen LogP contribution in [-0.4, -0.2) is 5.11 Å². The van der Waals surface area contributed by atoms with E-state index in [0.29, 0.717) is 0 Å². The van der Waals surface area contributed by atoms with Crippen LogP contribution < -0.4 is 0 Å². The second kappa shape index (κ2) is 4.17. The average molecular weight is 218 g/mol. The van der Waals surface area contributed by atoms with E-state index in [1.54, 1.807) is 11.3 Å². The van der Waals surface area contributed by atoms with Crippen molar-refractivity contribution >= 4 is 11.3 Å². The lowest BCUT2D eigenvalue weighted by Crippen LogP contribution is -1.84. The van der Waals surface area contributed by atoms with Gasteiger partial charge in [-0.1, -0.05) is 18.2 Å². The third-order valence-corrected chi connectivity index (χ3v) is 3.91. The summed E-state index contributed by atoms with van der Waals surface area (Å²) in [6.45, 7) is 4.38. The Morgan fingerprint density at radius 2 is 2.07 bits per heavy atom. The molecule has 2 heteroatoms. The van der Waals surface area contributed by atoms with Crippen molar-refractivity contribution in [3.8, 4) is 10.4 Å². The topological polar surface area (TPSA) is 20.2 Å². The molecule has 0 spiro atoms. The van der Waals surface area contributed by atoms with E-state index in [2.05, 4.69) is 31.4 Å². The molecule has 0 saturated heterocycles. The molecule has 0 unspecified atom stereocenters. The molecule has 1 heterocycles. The van der Waals surface area contributed by atoms with E-state index in [0.717, 1.165) is 5.56 Å². The molecule has 2 aromatic rings. The van der Waals surface area contributed by atoms with Crippen molar-refractivity contribution in [3.05, 3.63) is 46.3 Å². The highest BCUT2D eigenvalue weighted by molar-refractivity contribution is 7.13. The summed E-state index contributed by atoms with van der Waals surface area (Å²) in [6.07, 6.45) is 0. The van der Waals surface area contributed by atoms with Gasteiger partial charge in [-0.2, -0.15) is 0 Å². The van der Waals surface area contributed by atoms with E-state index < -0.39 is 0 Å². The summed E-state index contributed by atoms with van der Waals surface area (Å²) in [5.41, 5.74) is 4.86. The first-order valence-corrected chi connectivity index (χ1v) is 5.85. The molecule has 0 radical (unpaired) electrons. The fourth-order valence-corrected chi connectivity index (χ4v) is 2.67. The van der Waals surface area contributed by atoms with Gasteiger partial charge in [0.15, 0.2) is 0 Å². The van der Waals surface area contributed by atoms with Crippen LogP contribution in [0.25, 0.3) is 10.4 Å². The van der Waals surface area contributed by atoms with E-state index in [1.807, 2.05) is 12.1 Å². The molecule has 78 valence electrons. The number of aryl methyl sites for hydroxylation is 1. The highest BCUT2D eigenvalue weighted by atomic mass is 32.1. The molecule has 0 aliphatic carbocycles. The lowest BCUT2D eigenvalue weighted by Gasteiger charge is -2.02. The minimum atomic E-state index is 0.108. The Kier molecular flexibility index (Phi) is 2.89. The number of hydrogen-bond donors (Lipinski definition) is 1. The summed E-state index contributed by atoms with van der Waals surface area (Å²) >= 11 is 1.77. The maximum absolute atomic E-state index is 9.09. The minimum Gasteiger partial charge on any atom is -0.392 e. The second-order valence-electron chi connectivity index (χ2n) is 3.73. The van der Waals surface area contributed by atoms with Crippen LogP contribution in [0.15, 0.2) is 29.6 Å². The molecular weight excluding hydrogens is 204 g/mol. The van der Waals surface area contributed by atoms with Crippen molar-refractivity contribution in [3.63, 3.8) is 0 Å². The first kappa shape index (κ1) is 10.4. The quantitative estimate of drug-likeness (QED) is 0.817. The normalized spacial score (nSPS) is 10.6. The maximum atomic E-state index is 9.09. The van der Waals surface area contributed by atoms with Crippen molar-refractivity contribution in [2.75, 3.05) is 0 Å². The third-order valence-electron chi connectivity index (χ3n) is 2.66. The lowest BCUT2D eigenvalue weighted by molar-refractivity contribution is 0.282. The summed E-state index contributed by atoms with van der Waals surface area (Å²) in [5, 5.41) is 11.3. The van der Waals surface area contributed by atoms with Crippen molar-refractivity contribution in [1.82, 2.24) is 0 Å². The van der Waals surface area contributed by atoms with Crippen LogP contribution >= 0.6 is 11.3 Å². The molecule has 1 nitrogen and oxygen atoms in total. The lowest BCUT2D eigenvalue weighted by atomic mass is 10.1. The van der Waals surface area contributed by atoms with Crippen LogP contribution in [0.2, 0.25) is 0 Å². The van der Waals surface area contributed by atoms with Gasteiger partial charge in [0, 0.05) is 4.88 Å². The maximum Gasteiger partial charge on any atom is 0.0682 e. The summed E-state index contributed by atoms with van der Waals surface area (Å²) in [7, 11) is 0. The highest BCUT2D eigenvalue weighted by Gasteiger charge is 2.06. The van der Waals surface area contributed by atoms with E-state index >= 15 is 0 Å². The Balaban J connectivity index is 2.49. The zero-order valence-corrected chi connectivity index (χ0v) is 9.77. The summed E-state index contributed by atoms with van der Waals surface area (Å²) in [6, 6.07) is 8.09. The van der Waals surface area contributed by atoms with Gasteiger partial charge in [-0.25, -0.2) is 0 Å². The van der Waals surface area contributed by atoms with Crippen molar-refractivity contribution in [2.45, 2.75) is 20.5 Å². The first-order chi connectivity index (χ1) is 7.22. The number of thiophene rings is 1. The van der Waals surface area contributed by atoms with Crippen LogP contribution in [0.4, 0.5) is 0 Å². The van der Waals surface area contributed by atoms with Crippen LogP contribution in [-0.2, 0) is 6.61 Å². The number of hydrogen-bond acceptors (Lipinski definition) is 2. The van der Waals surface area contributed by atoms with Crippen LogP contribution in [0.1, 0.15) is 16.7 Å². The molecular formula is C13H14OS. The second-order valence-corrected chi connectivity index (χ2v) is 4.61. The van der Waals surface area contributed by atoms with Crippen molar-refractivity contribution < 1.29 is 5.11 Å². The molecule has 1 N–H and O–H groups in total. The largest absolute Gasteiger partial charge is 0.392 e. The molecule has 15 heavy (non-hydrogen) atoms. The fraction of sp³-hybridized carbons (Fsp3) is 0.231. The molecule has 0 atom stereocenters. The zero-order chi connectivity index (χ0) is 10.8. The fourth-order valence-electron chi connectivity index (χ4n) is 1.60. The average Bonchev–Trinajstić information content (AvgIpc) is 2.60. The van der Waals surface area contributed by atoms with Crippen LogP contribution in [0.3, 0.4) is 0 Å². The van der Waals surface area contributed by atoms with Crippen LogP contribution in [0, 0.1) is 13.8 Å². The smallest absolute Gasteiger partial charge is 0.0682 e.